The highest BCUT2D eigenvalue weighted by Crippen LogP contribution is 2.39. The average Bonchev–Trinajstić information content (AvgIpc) is 3.26. The van der Waals surface area contributed by atoms with Crippen molar-refractivity contribution >= 4 is 34.1 Å². The van der Waals surface area contributed by atoms with E-state index in [0.29, 0.717) is 17.1 Å². The third-order valence-corrected chi connectivity index (χ3v) is 3.66. The Morgan fingerprint density at radius 3 is 2.75 bits per heavy atom. The molecule has 0 amide bonds. The summed E-state index contributed by atoms with van der Waals surface area (Å²) in [4.78, 5) is 8.29. The van der Waals surface area contributed by atoms with Crippen LogP contribution in [0.15, 0.2) is 36.7 Å². The Morgan fingerprint density at radius 1 is 1.20 bits per heavy atom. The van der Waals surface area contributed by atoms with Crippen LogP contribution < -0.4 is 5.32 Å². The van der Waals surface area contributed by atoms with Gasteiger partial charge in [-0.25, -0.2) is 9.97 Å². The maximum atomic E-state index is 6.23. The number of benzene rings is 1. The van der Waals surface area contributed by atoms with Crippen molar-refractivity contribution < 1.29 is 0 Å². The van der Waals surface area contributed by atoms with Crippen molar-refractivity contribution in [2.24, 2.45) is 0 Å². The Kier molecular flexibility index (Phi) is 2.60. The highest BCUT2D eigenvalue weighted by Gasteiger charge is 2.27. The van der Waals surface area contributed by atoms with Gasteiger partial charge in [-0.3, -0.25) is 4.68 Å². The smallest absolute Gasteiger partial charge is 0.227 e. The molecule has 4 rings (SSSR count). The van der Waals surface area contributed by atoms with Crippen LogP contribution in [0.5, 0.6) is 0 Å². The van der Waals surface area contributed by atoms with Crippen LogP contribution in [0.2, 0.25) is 5.15 Å². The molecule has 0 saturated heterocycles. The highest BCUT2D eigenvalue weighted by atomic mass is 35.5. The number of hydrogen-bond donors (Lipinski definition) is 1. The molecule has 1 aromatic carbocycles. The minimum absolute atomic E-state index is 0.515. The Balaban J connectivity index is 1.73. The van der Waals surface area contributed by atoms with E-state index < -0.39 is 0 Å². The lowest BCUT2D eigenvalue weighted by Gasteiger charge is -2.05. The number of anilines is 2. The van der Waals surface area contributed by atoms with E-state index in [1.165, 1.54) is 12.8 Å². The fourth-order valence-electron chi connectivity index (χ4n) is 2.27. The fraction of sp³-hybridized carbons (Fsp3) is 0.214. The fourth-order valence-corrected chi connectivity index (χ4v) is 2.50. The van der Waals surface area contributed by atoms with Crippen LogP contribution >= 0.6 is 11.6 Å². The number of nitrogens with one attached hydrogen (secondary N) is 1. The second kappa shape index (κ2) is 4.45. The summed E-state index contributed by atoms with van der Waals surface area (Å²) >= 11 is 6.23. The monoisotopic (exact) mass is 285 g/mol. The molecule has 1 aliphatic carbocycles. The van der Waals surface area contributed by atoms with Gasteiger partial charge in [0.15, 0.2) is 5.15 Å². The van der Waals surface area contributed by atoms with Gasteiger partial charge in [-0.2, -0.15) is 5.10 Å². The minimum atomic E-state index is 0.515. The molecule has 1 saturated carbocycles. The number of fused-ring (bicyclic) bond motifs is 1. The summed E-state index contributed by atoms with van der Waals surface area (Å²) in [5, 5.41) is 9.09. The first-order chi connectivity index (χ1) is 9.81. The van der Waals surface area contributed by atoms with Crippen LogP contribution in [0.1, 0.15) is 18.9 Å². The van der Waals surface area contributed by atoms with Gasteiger partial charge in [0.25, 0.3) is 0 Å². The maximum Gasteiger partial charge on any atom is 0.227 e. The predicted molar refractivity (Wildman–Crippen MR) is 78.3 cm³/mol. The van der Waals surface area contributed by atoms with Crippen LogP contribution in [0.4, 0.5) is 11.6 Å². The van der Waals surface area contributed by atoms with Gasteiger partial charge in [0, 0.05) is 23.5 Å². The summed E-state index contributed by atoms with van der Waals surface area (Å²) in [6.07, 6.45) is 5.77. The number of halogens is 1. The Hall–Kier alpha value is -2.14. The molecule has 100 valence electrons. The molecule has 0 atom stereocenters. The molecule has 5 nitrogen and oxygen atoms in total. The highest BCUT2D eigenvalue weighted by molar-refractivity contribution is 6.34. The van der Waals surface area contributed by atoms with E-state index in [4.69, 9.17) is 11.6 Å². The van der Waals surface area contributed by atoms with Crippen molar-refractivity contribution in [2.45, 2.75) is 18.9 Å². The largest absolute Gasteiger partial charge is 0.324 e. The van der Waals surface area contributed by atoms with Gasteiger partial charge in [0.1, 0.15) is 0 Å². The zero-order valence-corrected chi connectivity index (χ0v) is 11.4. The molecule has 0 unspecified atom stereocenters. The first-order valence-corrected chi connectivity index (χ1v) is 6.91. The molecule has 0 bridgehead atoms. The molecule has 20 heavy (non-hydrogen) atoms. The van der Waals surface area contributed by atoms with E-state index in [1.54, 1.807) is 18.5 Å². The standard InChI is InChI=1S/C14H12ClN5/c15-13-11-8-9(18-14-16-6-1-7-17-14)2-5-12(11)20(19-13)10-3-4-10/h1-2,5-8,10H,3-4H2,(H,16,17,18). The molecule has 0 spiro atoms. The molecular weight excluding hydrogens is 274 g/mol. The topological polar surface area (TPSA) is 55.6 Å². The van der Waals surface area contributed by atoms with E-state index >= 15 is 0 Å². The lowest BCUT2D eigenvalue weighted by atomic mass is 10.2. The maximum absolute atomic E-state index is 6.23. The third kappa shape index (κ3) is 2.00. The van der Waals surface area contributed by atoms with Crippen LogP contribution in [0.3, 0.4) is 0 Å². The van der Waals surface area contributed by atoms with E-state index in [0.717, 1.165) is 16.6 Å². The molecule has 0 aliphatic heterocycles. The molecule has 3 aromatic rings. The Morgan fingerprint density at radius 2 is 2.00 bits per heavy atom. The van der Waals surface area contributed by atoms with Crippen LogP contribution in [-0.2, 0) is 0 Å². The van der Waals surface area contributed by atoms with Crippen LogP contribution in [0.25, 0.3) is 10.9 Å². The first kappa shape index (κ1) is 11.7. The van der Waals surface area contributed by atoms with E-state index in [1.807, 2.05) is 22.9 Å². The SMILES string of the molecule is Clc1nn(C2CC2)c2ccc(Nc3ncccn3)cc12. The third-order valence-electron chi connectivity index (χ3n) is 3.38. The van der Waals surface area contributed by atoms with E-state index in [9.17, 15) is 0 Å². The molecule has 0 radical (unpaired) electrons. The first-order valence-electron chi connectivity index (χ1n) is 6.53. The predicted octanol–water partition coefficient (Wildman–Crippen LogP) is 3.56. The number of rotatable bonds is 3. The van der Waals surface area contributed by atoms with Crippen molar-refractivity contribution in [3.8, 4) is 0 Å². The molecule has 6 heteroatoms. The number of hydrogen-bond acceptors (Lipinski definition) is 4. The van der Waals surface area contributed by atoms with Crippen molar-refractivity contribution in [2.75, 3.05) is 5.32 Å². The quantitative estimate of drug-likeness (QED) is 0.799. The molecule has 1 fully saturated rings. The summed E-state index contributed by atoms with van der Waals surface area (Å²) in [6.45, 7) is 0. The van der Waals surface area contributed by atoms with Gasteiger partial charge in [0.2, 0.25) is 5.95 Å². The lowest BCUT2D eigenvalue weighted by Crippen LogP contribution is -1.97. The van der Waals surface area contributed by atoms with E-state index in [-0.39, 0.29) is 0 Å². The second-order valence-corrected chi connectivity index (χ2v) is 5.25. The summed E-state index contributed by atoms with van der Waals surface area (Å²) in [6, 6.07) is 8.32. The van der Waals surface area contributed by atoms with Gasteiger partial charge in [-0.05, 0) is 37.1 Å². The van der Waals surface area contributed by atoms with Gasteiger partial charge >= 0.3 is 0 Å². The zero-order chi connectivity index (χ0) is 13.5. The molecule has 1 N–H and O–H groups in total. The molecule has 2 aromatic heterocycles. The normalized spacial score (nSPS) is 14.7. The second-order valence-electron chi connectivity index (χ2n) is 4.90. The Bertz CT molecular complexity index is 764. The van der Waals surface area contributed by atoms with Crippen molar-refractivity contribution in [1.29, 1.82) is 0 Å². The number of aromatic nitrogens is 4. The van der Waals surface area contributed by atoms with E-state index in [2.05, 4.69) is 20.4 Å². The van der Waals surface area contributed by atoms with Crippen molar-refractivity contribution in [1.82, 2.24) is 19.7 Å². The van der Waals surface area contributed by atoms with Gasteiger partial charge < -0.3 is 5.32 Å². The molecular formula is C14H12ClN5. The zero-order valence-electron chi connectivity index (χ0n) is 10.6. The summed E-state index contributed by atoms with van der Waals surface area (Å²) in [5.74, 6) is 0.567. The van der Waals surface area contributed by atoms with Crippen molar-refractivity contribution in [3.05, 3.63) is 41.8 Å². The minimum Gasteiger partial charge on any atom is -0.324 e. The van der Waals surface area contributed by atoms with Gasteiger partial charge in [-0.1, -0.05) is 11.6 Å². The summed E-state index contributed by atoms with van der Waals surface area (Å²) in [5.41, 5.74) is 1.98. The summed E-state index contributed by atoms with van der Waals surface area (Å²) in [7, 11) is 0. The van der Waals surface area contributed by atoms with Crippen molar-refractivity contribution in [3.63, 3.8) is 0 Å². The van der Waals surface area contributed by atoms with Crippen LogP contribution in [0, 0.1) is 0 Å². The lowest BCUT2D eigenvalue weighted by molar-refractivity contribution is 0.666. The summed E-state index contributed by atoms with van der Waals surface area (Å²) < 4.78 is 2.03. The van der Waals surface area contributed by atoms with Gasteiger partial charge in [0.05, 0.1) is 11.6 Å². The molecule has 2 heterocycles. The molecule has 1 aliphatic rings. The van der Waals surface area contributed by atoms with Crippen LogP contribution in [-0.4, -0.2) is 19.7 Å². The average molecular weight is 286 g/mol. The Labute approximate surface area is 120 Å². The number of nitrogens with zero attached hydrogens (tertiary/aromatic N) is 4. The van der Waals surface area contributed by atoms with Gasteiger partial charge in [-0.15, -0.1) is 0 Å².